The smallest absolute Gasteiger partial charge is 0.0592 e. The molecule has 0 aromatic rings. The Labute approximate surface area is 74.1 Å². The van der Waals surface area contributed by atoms with Gasteiger partial charge in [0, 0.05) is 11.3 Å². The van der Waals surface area contributed by atoms with Crippen molar-refractivity contribution in [2.45, 2.75) is 51.2 Å². The van der Waals surface area contributed by atoms with Crippen molar-refractivity contribution in [3.63, 3.8) is 0 Å². The second kappa shape index (κ2) is 3.77. The van der Waals surface area contributed by atoms with E-state index in [1.54, 1.807) is 0 Å². The molecule has 4 atom stereocenters. The first-order valence-corrected chi connectivity index (χ1v) is 4.88. The molecule has 1 saturated heterocycles. The third kappa shape index (κ3) is 2.09. The molecular weight excluding hydrogens is 160 g/mol. The van der Waals surface area contributed by atoms with Gasteiger partial charge in [-0.2, -0.15) is 0 Å². The van der Waals surface area contributed by atoms with Crippen molar-refractivity contribution >= 4 is 11.6 Å². The van der Waals surface area contributed by atoms with Gasteiger partial charge < -0.3 is 4.74 Å². The van der Waals surface area contributed by atoms with Crippen LogP contribution in [-0.2, 0) is 4.74 Å². The Morgan fingerprint density at radius 2 is 2.09 bits per heavy atom. The predicted octanol–water partition coefficient (Wildman–Crippen LogP) is 2.82. The third-order valence-electron chi connectivity index (χ3n) is 2.54. The first-order chi connectivity index (χ1) is 5.15. The van der Waals surface area contributed by atoms with Crippen molar-refractivity contribution in [1.82, 2.24) is 0 Å². The SMILES string of the molecule is CCC1C(Cl)CC(C)OC1C. The van der Waals surface area contributed by atoms with E-state index >= 15 is 0 Å². The molecule has 1 nitrogen and oxygen atoms in total. The Balaban J connectivity index is 2.52. The highest BCUT2D eigenvalue weighted by Gasteiger charge is 2.31. The summed E-state index contributed by atoms with van der Waals surface area (Å²) in [4.78, 5) is 0. The molecule has 0 aromatic heterocycles. The fourth-order valence-corrected chi connectivity index (χ4v) is 2.53. The fourth-order valence-electron chi connectivity index (χ4n) is 1.90. The predicted molar refractivity (Wildman–Crippen MR) is 48.0 cm³/mol. The minimum Gasteiger partial charge on any atom is -0.375 e. The van der Waals surface area contributed by atoms with Crippen LogP contribution in [0.5, 0.6) is 0 Å². The Bertz CT molecular complexity index is 115. The van der Waals surface area contributed by atoms with E-state index in [1.165, 1.54) is 0 Å². The molecule has 0 amide bonds. The van der Waals surface area contributed by atoms with Crippen molar-refractivity contribution in [3.8, 4) is 0 Å². The molecule has 4 unspecified atom stereocenters. The van der Waals surface area contributed by atoms with Gasteiger partial charge in [0.2, 0.25) is 0 Å². The highest BCUT2D eigenvalue weighted by molar-refractivity contribution is 6.20. The summed E-state index contributed by atoms with van der Waals surface area (Å²) in [6.07, 6.45) is 2.81. The summed E-state index contributed by atoms with van der Waals surface area (Å²) < 4.78 is 5.68. The summed E-state index contributed by atoms with van der Waals surface area (Å²) >= 11 is 6.19. The van der Waals surface area contributed by atoms with Gasteiger partial charge in [0.25, 0.3) is 0 Å². The normalized spacial score (nSPS) is 45.8. The van der Waals surface area contributed by atoms with Gasteiger partial charge in [-0.1, -0.05) is 6.92 Å². The molecule has 0 radical (unpaired) electrons. The van der Waals surface area contributed by atoms with Crippen molar-refractivity contribution in [1.29, 1.82) is 0 Å². The average Bonchev–Trinajstić information content (AvgIpc) is 1.85. The summed E-state index contributed by atoms with van der Waals surface area (Å²) in [7, 11) is 0. The van der Waals surface area contributed by atoms with Crippen LogP contribution in [0.4, 0.5) is 0 Å². The topological polar surface area (TPSA) is 9.23 Å². The number of halogens is 1. The lowest BCUT2D eigenvalue weighted by atomic mass is 9.90. The Morgan fingerprint density at radius 1 is 1.45 bits per heavy atom. The summed E-state index contributed by atoms with van der Waals surface area (Å²) in [5.74, 6) is 0.549. The molecule has 1 fully saturated rings. The summed E-state index contributed by atoms with van der Waals surface area (Å²) in [5.41, 5.74) is 0. The van der Waals surface area contributed by atoms with Gasteiger partial charge in [0.1, 0.15) is 0 Å². The van der Waals surface area contributed by atoms with Crippen molar-refractivity contribution in [2.24, 2.45) is 5.92 Å². The van der Waals surface area contributed by atoms with E-state index in [1.807, 2.05) is 0 Å². The number of ether oxygens (including phenoxy) is 1. The molecule has 0 spiro atoms. The molecule has 0 aromatic carbocycles. The van der Waals surface area contributed by atoms with E-state index in [4.69, 9.17) is 16.3 Å². The van der Waals surface area contributed by atoms with Gasteiger partial charge >= 0.3 is 0 Å². The van der Waals surface area contributed by atoms with E-state index in [0.29, 0.717) is 23.5 Å². The maximum Gasteiger partial charge on any atom is 0.0592 e. The van der Waals surface area contributed by atoms with Crippen LogP contribution in [0.2, 0.25) is 0 Å². The third-order valence-corrected chi connectivity index (χ3v) is 3.04. The zero-order valence-corrected chi connectivity index (χ0v) is 8.27. The summed E-state index contributed by atoms with van der Waals surface area (Å²) in [6.45, 7) is 6.40. The molecule has 1 aliphatic heterocycles. The van der Waals surface area contributed by atoms with Gasteiger partial charge in [-0.15, -0.1) is 11.6 Å². The lowest BCUT2D eigenvalue weighted by Gasteiger charge is -2.36. The van der Waals surface area contributed by atoms with E-state index in [2.05, 4.69) is 20.8 Å². The Hall–Kier alpha value is 0.250. The van der Waals surface area contributed by atoms with Gasteiger partial charge in [-0.25, -0.2) is 0 Å². The van der Waals surface area contributed by atoms with Crippen LogP contribution in [-0.4, -0.2) is 17.6 Å². The summed E-state index contributed by atoms with van der Waals surface area (Å²) in [5, 5.41) is 0.318. The van der Waals surface area contributed by atoms with Crippen LogP contribution in [0.15, 0.2) is 0 Å². The number of hydrogen-bond donors (Lipinski definition) is 0. The van der Waals surface area contributed by atoms with Crippen LogP contribution < -0.4 is 0 Å². The molecule has 11 heavy (non-hydrogen) atoms. The molecule has 1 aliphatic rings. The van der Waals surface area contributed by atoms with Gasteiger partial charge in [-0.05, 0) is 26.7 Å². The summed E-state index contributed by atoms with van der Waals surface area (Å²) in [6, 6.07) is 0. The number of hydrogen-bond acceptors (Lipinski definition) is 1. The quantitative estimate of drug-likeness (QED) is 0.559. The van der Waals surface area contributed by atoms with Crippen LogP contribution in [0, 0.1) is 5.92 Å². The van der Waals surface area contributed by atoms with Gasteiger partial charge in [0.05, 0.1) is 12.2 Å². The lowest BCUT2D eigenvalue weighted by Crippen LogP contribution is -2.38. The van der Waals surface area contributed by atoms with Crippen LogP contribution in [0.3, 0.4) is 0 Å². The molecular formula is C9H17ClO. The standard InChI is InChI=1S/C9H17ClO/c1-4-8-7(3)11-6(2)5-9(8)10/h6-9H,4-5H2,1-3H3. The molecule has 0 bridgehead atoms. The Morgan fingerprint density at radius 3 is 2.55 bits per heavy atom. The molecule has 1 rings (SSSR count). The second-order valence-corrected chi connectivity index (χ2v) is 4.04. The Kier molecular flexibility index (Phi) is 3.20. The monoisotopic (exact) mass is 176 g/mol. The van der Waals surface area contributed by atoms with E-state index in [0.717, 1.165) is 12.8 Å². The van der Waals surface area contributed by atoms with Crippen molar-refractivity contribution < 1.29 is 4.74 Å². The highest BCUT2D eigenvalue weighted by atomic mass is 35.5. The van der Waals surface area contributed by atoms with Crippen LogP contribution >= 0.6 is 11.6 Å². The maximum absolute atomic E-state index is 6.19. The number of alkyl halides is 1. The van der Waals surface area contributed by atoms with Gasteiger partial charge in [-0.3, -0.25) is 0 Å². The molecule has 0 aliphatic carbocycles. The molecule has 0 N–H and O–H groups in total. The largest absolute Gasteiger partial charge is 0.375 e. The zero-order valence-electron chi connectivity index (χ0n) is 7.51. The minimum atomic E-state index is 0.318. The average molecular weight is 177 g/mol. The zero-order chi connectivity index (χ0) is 8.43. The lowest BCUT2D eigenvalue weighted by molar-refractivity contribution is -0.0629. The van der Waals surface area contributed by atoms with Crippen molar-refractivity contribution in [2.75, 3.05) is 0 Å². The molecule has 2 heteroatoms. The van der Waals surface area contributed by atoms with Gasteiger partial charge in [0.15, 0.2) is 0 Å². The van der Waals surface area contributed by atoms with Crippen LogP contribution in [0.25, 0.3) is 0 Å². The van der Waals surface area contributed by atoms with Crippen molar-refractivity contribution in [3.05, 3.63) is 0 Å². The molecule has 1 heterocycles. The highest BCUT2D eigenvalue weighted by Crippen LogP contribution is 2.31. The second-order valence-electron chi connectivity index (χ2n) is 3.48. The van der Waals surface area contributed by atoms with Crippen LogP contribution in [0.1, 0.15) is 33.6 Å². The van der Waals surface area contributed by atoms with E-state index in [-0.39, 0.29) is 0 Å². The molecule has 66 valence electrons. The molecule has 0 saturated carbocycles. The first-order valence-electron chi connectivity index (χ1n) is 4.44. The minimum absolute atomic E-state index is 0.318. The maximum atomic E-state index is 6.19. The first kappa shape index (κ1) is 9.34. The van der Waals surface area contributed by atoms with E-state index < -0.39 is 0 Å². The number of rotatable bonds is 1. The van der Waals surface area contributed by atoms with E-state index in [9.17, 15) is 0 Å². The fraction of sp³-hybridized carbons (Fsp3) is 1.00.